The summed E-state index contributed by atoms with van der Waals surface area (Å²) in [5, 5.41) is 6.88. The molecule has 0 amide bonds. The number of rotatable bonds is 2. The molecule has 0 saturated carbocycles. The second kappa shape index (κ2) is 4.18. The predicted octanol–water partition coefficient (Wildman–Crippen LogP) is 2.98. The highest BCUT2D eigenvalue weighted by molar-refractivity contribution is 5.82. The Morgan fingerprint density at radius 1 is 1.06 bits per heavy atom. The SMILES string of the molecule is Cc1cc(N)n(Cc2ccc3ccccc3c2)n1. The quantitative estimate of drug-likeness (QED) is 0.744. The predicted molar refractivity (Wildman–Crippen MR) is 74.4 cm³/mol. The number of hydrogen-bond donors (Lipinski definition) is 1. The van der Waals surface area contributed by atoms with Crippen LogP contribution < -0.4 is 5.73 Å². The molecule has 0 saturated heterocycles. The summed E-state index contributed by atoms with van der Waals surface area (Å²) in [5.74, 6) is 0.709. The van der Waals surface area contributed by atoms with E-state index < -0.39 is 0 Å². The summed E-state index contributed by atoms with van der Waals surface area (Å²) in [5.41, 5.74) is 8.07. The Kier molecular flexibility index (Phi) is 2.52. The van der Waals surface area contributed by atoms with Gasteiger partial charge in [-0.3, -0.25) is 0 Å². The molecule has 0 unspecified atom stereocenters. The van der Waals surface area contributed by atoms with E-state index in [0.717, 1.165) is 5.69 Å². The molecular weight excluding hydrogens is 222 g/mol. The maximum Gasteiger partial charge on any atom is 0.122 e. The molecule has 0 aliphatic rings. The lowest BCUT2D eigenvalue weighted by atomic mass is 10.1. The molecule has 0 aliphatic heterocycles. The number of nitrogens with zero attached hydrogens (tertiary/aromatic N) is 2. The van der Waals surface area contributed by atoms with Crippen molar-refractivity contribution in [1.82, 2.24) is 9.78 Å². The molecule has 3 nitrogen and oxygen atoms in total. The first-order valence-corrected chi connectivity index (χ1v) is 6.00. The average Bonchev–Trinajstić information content (AvgIpc) is 2.68. The highest BCUT2D eigenvalue weighted by Gasteiger charge is 2.03. The number of nitrogens with two attached hydrogens (primary N) is 1. The Balaban J connectivity index is 1.97. The van der Waals surface area contributed by atoms with Crippen molar-refractivity contribution < 1.29 is 0 Å². The van der Waals surface area contributed by atoms with Gasteiger partial charge in [-0.15, -0.1) is 0 Å². The summed E-state index contributed by atoms with van der Waals surface area (Å²) in [6.45, 7) is 2.66. The van der Waals surface area contributed by atoms with E-state index in [1.165, 1.54) is 16.3 Å². The van der Waals surface area contributed by atoms with Gasteiger partial charge in [0.1, 0.15) is 5.82 Å². The monoisotopic (exact) mass is 237 g/mol. The van der Waals surface area contributed by atoms with Gasteiger partial charge in [0.25, 0.3) is 0 Å². The second-order valence-electron chi connectivity index (χ2n) is 4.55. The lowest BCUT2D eigenvalue weighted by Crippen LogP contribution is -2.05. The van der Waals surface area contributed by atoms with Gasteiger partial charge in [0.05, 0.1) is 12.2 Å². The van der Waals surface area contributed by atoms with Crippen molar-refractivity contribution in [2.45, 2.75) is 13.5 Å². The molecule has 0 radical (unpaired) electrons. The van der Waals surface area contributed by atoms with E-state index in [2.05, 4.69) is 47.6 Å². The number of benzene rings is 2. The van der Waals surface area contributed by atoms with Gasteiger partial charge in [-0.2, -0.15) is 5.10 Å². The van der Waals surface area contributed by atoms with Gasteiger partial charge >= 0.3 is 0 Å². The first-order valence-electron chi connectivity index (χ1n) is 6.00. The Morgan fingerprint density at radius 2 is 1.83 bits per heavy atom. The van der Waals surface area contributed by atoms with E-state index in [0.29, 0.717) is 12.4 Å². The molecule has 90 valence electrons. The van der Waals surface area contributed by atoms with Crippen LogP contribution in [0.15, 0.2) is 48.5 Å². The third-order valence-corrected chi connectivity index (χ3v) is 3.08. The Bertz CT molecular complexity index is 698. The van der Waals surface area contributed by atoms with Crippen LogP contribution in [-0.2, 0) is 6.54 Å². The minimum atomic E-state index is 0.709. The van der Waals surface area contributed by atoms with Gasteiger partial charge in [-0.25, -0.2) is 4.68 Å². The molecule has 18 heavy (non-hydrogen) atoms. The number of aromatic nitrogens is 2. The standard InChI is InChI=1S/C15H15N3/c1-11-8-15(16)18(17-11)10-12-6-7-13-4-2-3-5-14(13)9-12/h2-9H,10,16H2,1H3. The summed E-state index contributed by atoms with van der Waals surface area (Å²) in [6, 6.07) is 16.7. The molecule has 1 aromatic heterocycles. The van der Waals surface area contributed by atoms with Crippen molar-refractivity contribution >= 4 is 16.6 Å². The summed E-state index contributed by atoms with van der Waals surface area (Å²) < 4.78 is 1.83. The van der Waals surface area contributed by atoms with Crippen LogP contribution >= 0.6 is 0 Å². The van der Waals surface area contributed by atoms with Crippen LogP contribution in [-0.4, -0.2) is 9.78 Å². The van der Waals surface area contributed by atoms with Gasteiger partial charge in [0.15, 0.2) is 0 Å². The number of aryl methyl sites for hydroxylation is 1. The molecule has 3 rings (SSSR count). The normalized spacial score (nSPS) is 10.9. The molecule has 3 aromatic rings. The third kappa shape index (κ3) is 1.95. The molecule has 1 heterocycles. The molecule has 0 aliphatic carbocycles. The van der Waals surface area contributed by atoms with E-state index in [1.54, 1.807) is 0 Å². The van der Waals surface area contributed by atoms with Crippen LogP contribution in [0.3, 0.4) is 0 Å². The molecular formula is C15H15N3. The number of anilines is 1. The number of hydrogen-bond acceptors (Lipinski definition) is 2. The maximum atomic E-state index is 5.90. The highest BCUT2D eigenvalue weighted by atomic mass is 15.3. The van der Waals surface area contributed by atoms with E-state index in [-0.39, 0.29) is 0 Å². The fourth-order valence-electron chi connectivity index (χ4n) is 2.20. The van der Waals surface area contributed by atoms with Gasteiger partial charge < -0.3 is 5.73 Å². The van der Waals surface area contributed by atoms with E-state index in [1.807, 2.05) is 17.7 Å². The van der Waals surface area contributed by atoms with Gasteiger partial charge in [0.2, 0.25) is 0 Å². The number of nitrogen functional groups attached to an aromatic ring is 1. The van der Waals surface area contributed by atoms with Crippen molar-refractivity contribution in [2.24, 2.45) is 0 Å². The Labute approximate surface area is 106 Å². The highest BCUT2D eigenvalue weighted by Crippen LogP contribution is 2.17. The summed E-state index contributed by atoms with van der Waals surface area (Å²) in [6.07, 6.45) is 0. The molecule has 0 bridgehead atoms. The van der Waals surface area contributed by atoms with Crippen LogP contribution in [0.2, 0.25) is 0 Å². The van der Waals surface area contributed by atoms with E-state index in [9.17, 15) is 0 Å². The minimum Gasteiger partial charge on any atom is -0.384 e. The molecule has 3 heteroatoms. The summed E-state index contributed by atoms with van der Waals surface area (Å²) in [7, 11) is 0. The van der Waals surface area contributed by atoms with Gasteiger partial charge in [0, 0.05) is 6.07 Å². The van der Waals surface area contributed by atoms with Crippen LogP contribution in [0.5, 0.6) is 0 Å². The lowest BCUT2D eigenvalue weighted by molar-refractivity contribution is 0.690. The molecule has 2 N–H and O–H groups in total. The zero-order chi connectivity index (χ0) is 12.5. The second-order valence-corrected chi connectivity index (χ2v) is 4.55. The summed E-state index contributed by atoms with van der Waals surface area (Å²) in [4.78, 5) is 0. The molecule has 0 fully saturated rings. The maximum absolute atomic E-state index is 5.90. The van der Waals surface area contributed by atoms with Crippen molar-refractivity contribution in [2.75, 3.05) is 5.73 Å². The zero-order valence-corrected chi connectivity index (χ0v) is 10.3. The van der Waals surface area contributed by atoms with Crippen molar-refractivity contribution in [3.05, 3.63) is 59.8 Å². The van der Waals surface area contributed by atoms with Crippen molar-refractivity contribution in [1.29, 1.82) is 0 Å². The van der Waals surface area contributed by atoms with Crippen LogP contribution in [0.4, 0.5) is 5.82 Å². The molecule has 0 atom stereocenters. The van der Waals surface area contributed by atoms with Gasteiger partial charge in [-0.05, 0) is 29.3 Å². The van der Waals surface area contributed by atoms with Crippen molar-refractivity contribution in [3.8, 4) is 0 Å². The Morgan fingerprint density at radius 3 is 2.56 bits per heavy atom. The minimum absolute atomic E-state index is 0.709. The van der Waals surface area contributed by atoms with E-state index in [4.69, 9.17) is 5.73 Å². The van der Waals surface area contributed by atoms with E-state index >= 15 is 0 Å². The van der Waals surface area contributed by atoms with Crippen LogP contribution in [0.25, 0.3) is 10.8 Å². The topological polar surface area (TPSA) is 43.8 Å². The first kappa shape index (κ1) is 10.8. The fraction of sp³-hybridized carbons (Fsp3) is 0.133. The third-order valence-electron chi connectivity index (χ3n) is 3.08. The van der Waals surface area contributed by atoms with Crippen molar-refractivity contribution in [3.63, 3.8) is 0 Å². The largest absolute Gasteiger partial charge is 0.384 e. The van der Waals surface area contributed by atoms with Crippen LogP contribution in [0.1, 0.15) is 11.3 Å². The molecule has 2 aromatic carbocycles. The molecule has 0 spiro atoms. The summed E-state index contributed by atoms with van der Waals surface area (Å²) >= 11 is 0. The Hall–Kier alpha value is -2.29. The zero-order valence-electron chi connectivity index (χ0n) is 10.3. The first-order chi connectivity index (χ1) is 8.72. The smallest absolute Gasteiger partial charge is 0.122 e. The average molecular weight is 237 g/mol. The van der Waals surface area contributed by atoms with Crippen LogP contribution in [0, 0.1) is 6.92 Å². The fourth-order valence-corrected chi connectivity index (χ4v) is 2.20. The van der Waals surface area contributed by atoms with Gasteiger partial charge in [-0.1, -0.05) is 36.4 Å². The lowest BCUT2D eigenvalue weighted by Gasteiger charge is -2.06. The number of fused-ring (bicyclic) bond motifs is 1.